The second-order valence-corrected chi connectivity index (χ2v) is 5.84. The Labute approximate surface area is 115 Å². The van der Waals surface area contributed by atoms with E-state index < -0.39 is 0 Å². The average Bonchev–Trinajstić information content (AvgIpc) is 2.20. The van der Waals surface area contributed by atoms with Crippen molar-refractivity contribution in [3.05, 3.63) is 27.7 Å². The Bertz CT molecular complexity index is 415. The summed E-state index contributed by atoms with van der Waals surface area (Å²) in [4.78, 5) is 11.6. The van der Waals surface area contributed by atoms with E-state index in [4.69, 9.17) is 16.3 Å². The molecule has 1 rings (SSSR count). The van der Waals surface area contributed by atoms with Crippen LogP contribution in [0.25, 0.3) is 0 Å². The molecular formula is C12H15BrClNO2. The third-order valence-corrected chi connectivity index (χ3v) is 3.05. The van der Waals surface area contributed by atoms with Gasteiger partial charge in [-0.05, 0) is 54.9 Å². The Kier molecular flexibility index (Phi) is 4.98. The first-order valence-corrected chi connectivity index (χ1v) is 6.34. The van der Waals surface area contributed by atoms with Crippen molar-refractivity contribution in [3.63, 3.8) is 0 Å². The maximum atomic E-state index is 11.6. The van der Waals surface area contributed by atoms with E-state index >= 15 is 0 Å². The molecule has 0 saturated heterocycles. The topological polar surface area (TPSA) is 38.3 Å². The van der Waals surface area contributed by atoms with Gasteiger partial charge in [0.25, 0.3) is 0 Å². The Morgan fingerprint density at radius 3 is 2.65 bits per heavy atom. The van der Waals surface area contributed by atoms with Crippen LogP contribution in [0.2, 0.25) is 5.02 Å². The van der Waals surface area contributed by atoms with Crippen molar-refractivity contribution in [2.75, 3.05) is 11.9 Å². The van der Waals surface area contributed by atoms with Crippen molar-refractivity contribution in [1.29, 1.82) is 0 Å². The number of ether oxygens (including phenoxy) is 1. The van der Waals surface area contributed by atoms with Crippen LogP contribution >= 0.6 is 27.5 Å². The molecule has 0 aromatic heterocycles. The molecule has 0 heterocycles. The summed E-state index contributed by atoms with van der Waals surface area (Å²) in [5.41, 5.74) is 0.363. The monoisotopic (exact) mass is 319 g/mol. The zero-order valence-electron chi connectivity index (χ0n) is 10.0. The summed E-state index contributed by atoms with van der Waals surface area (Å²) in [6.07, 6.45) is 0. The highest BCUT2D eigenvalue weighted by molar-refractivity contribution is 9.10. The van der Waals surface area contributed by atoms with Crippen molar-refractivity contribution < 1.29 is 9.53 Å². The lowest BCUT2D eigenvalue weighted by Crippen LogP contribution is -2.27. The summed E-state index contributed by atoms with van der Waals surface area (Å²) in [5, 5.41) is 3.34. The standard InChI is InChI=1S/C12H15BrClNO2/c1-12(2,3)17-7-11(16)15-8-4-5-10(14)9(13)6-8/h4-6H,7H2,1-3H3,(H,15,16). The fourth-order valence-corrected chi connectivity index (χ4v) is 1.55. The molecule has 1 amide bonds. The number of hydrogen-bond acceptors (Lipinski definition) is 2. The number of hydrogen-bond donors (Lipinski definition) is 1. The number of halogens is 2. The van der Waals surface area contributed by atoms with Crippen LogP contribution in [-0.2, 0) is 9.53 Å². The van der Waals surface area contributed by atoms with Gasteiger partial charge < -0.3 is 10.1 Å². The van der Waals surface area contributed by atoms with E-state index in [0.717, 1.165) is 4.47 Å². The minimum Gasteiger partial charge on any atom is -0.366 e. The summed E-state index contributed by atoms with van der Waals surface area (Å²) in [6, 6.07) is 5.20. The first-order chi connectivity index (χ1) is 7.78. The molecule has 3 nitrogen and oxygen atoms in total. The van der Waals surface area contributed by atoms with Gasteiger partial charge in [0.2, 0.25) is 5.91 Å². The number of benzene rings is 1. The smallest absolute Gasteiger partial charge is 0.250 e. The molecule has 5 heteroatoms. The molecule has 1 N–H and O–H groups in total. The molecule has 0 radical (unpaired) electrons. The molecule has 0 atom stereocenters. The second-order valence-electron chi connectivity index (χ2n) is 4.58. The number of carbonyl (C=O) groups excluding carboxylic acids is 1. The minimum absolute atomic E-state index is 0.0315. The van der Waals surface area contributed by atoms with E-state index in [1.54, 1.807) is 18.2 Å². The second kappa shape index (κ2) is 5.85. The minimum atomic E-state index is -0.322. The lowest BCUT2D eigenvalue weighted by atomic mass is 10.2. The van der Waals surface area contributed by atoms with Crippen LogP contribution < -0.4 is 5.32 Å². The highest BCUT2D eigenvalue weighted by atomic mass is 79.9. The van der Waals surface area contributed by atoms with Gasteiger partial charge in [-0.3, -0.25) is 4.79 Å². The van der Waals surface area contributed by atoms with Crippen molar-refractivity contribution >= 4 is 39.1 Å². The molecule has 0 unspecified atom stereocenters. The molecule has 17 heavy (non-hydrogen) atoms. The fourth-order valence-electron chi connectivity index (χ4n) is 1.05. The van der Waals surface area contributed by atoms with Gasteiger partial charge in [-0.25, -0.2) is 0 Å². The first-order valence-electron chi connectivity index (χ1n) is 5.17. The van der Waals surface area contributed by atoms with E-state index in [1.807, 2.05) is 20.8 Å². The summed E-state index contributed by atoms with van der Waals surface area (Å²) < 4.78 is 6.11. The quantitative estimate of drug-likeness (QED) is 0.918. The Hall–Kier alpha value is -0.580. The van der Waals surface area contributed by atoms with Crippen molar-refractivity contribution in [3.8, 4) is 0 Å². The number of amides is 1. The number of rotatable bonds is 3. The highest BCUT2D eigenvalue weighted by Crippen LogP contribution is 2.25. The van der Waals surface area contributed by atoms with Gasteiger partial charge in [0.05, 0.1) is 10.6 Å². The predicted octanol–water partition coefficient (Wildman–Crippen LogP) is 3.86. The summed E-state index contributed by atoms with van der Waals surface area (Å²) in [5.74, 6) is -0.186. The third-order valence-electron chi connectivity index (χ3n) is 1.84. The van der Waals surface area contributed by atoms with Crippen LogP contribution in [0.3, 0.4) is 0 Å². The molecule has 0 spiro atoms. The molecule has 0 bridgehead atoms. The Balaban J connectivity index is 2.54. The van der Waals surface area contributed by atoms with E-state index in [1.165, 1.54) is 0 Å². The summed E-state index contributed by atoms with van der Waals surface area (Å²) in [6.45, 7) is 5.74. The van der Waals surface area contributed by atoms with Crippen LogP contribution in [0, 0.1) is 0 Å². The number of nitrogens with one attached hydrogen (secondary N) is 1. The third kappa shape index (κ3) is 5.52. The molecule has 1 aromatic carbocycles. The molecule has 0 aliphatic heterocycles. The first kappa shape index (κ1) is 14.5. The Morgan fingerprint density at radius 2 is 2.12 bits per heavy atom. The van der Waals surface area contributed by atoms with E-state index in [9.17, 15) is 4.79 Å². The SMILES string of the molecule is CC(C)(C)OCC(=O)Nc1ccc(Cl)c(Br)c1. The normalized spacial score (nSPS) is 11.4. The zero-order chi connectivity index (χ0) is 13.1. The zero-order valence-corrected chi connectivity index (χ0v) is 12.4. The van der Waals surface area contributed by atoms with Gasteiger partial charge in [-0.2, -0.15) is 0 Å². The maximum absolute atomic E-state index is 11.6. The molecule has 0 fully saturated rings. The Morgan fingerprint density at radius 1 is 1.47 bits per heavy atom. The molecule has 0 aliphatic carbocycles. The van der Waals surface area contributed by atoms with Crippen molar-refractivity contribution in [1.82, 2.24) is 0 Å². The van der Waals surface area contributed by atoms with Crippen molar-refractivity contribution in [2.45, 2.75) is 26.4 Å². The van der Waals surface area contributed by atoms with E-state index in [-0.39, 0.29) is 18.1 Å². The van der Waals surface area contributed by atoms with Crippen LogP contribution in [0.1, 0.15) is 20.8 Å². The van der Waals surface area contributed by atoms with Gasteiger partial charge in [-0.15, -0.1) is 0 Å². The van der Waals surface area contributed by atoms with E-state index in [2.05, 4.69) is 21.2 Å². The number of carbonyl (C=O) groups is 1. The molecule has 0 aliphatic rings. The van der Waals surface area contributed by atoms with Gasteiger partial charge in [0.15, 0.2) is 0 Å². The fraction of sp³-hybridized carbons (Fsp3) is 0.417. The highest BCUT2D eigenvalue weighted by Gasteiger charge is 2.13. The van der Waals surface area contributed by atoms with Crippen molar-refractivity contribution in [2.24, 2.45) is 0 Å². The molecule has 0 saturated carbocycles. The largest absolute Gasteiger partial charge is 0.366 e. The molecule has 1 aromatic rings. The molecular weight excluding hydrogens is 305 g/mol. The van der Waals surface area contributed by atoms with Crippen LogP contribution in [0.15, 0.2) is 22.7 Å². The molecule has 94 valence electrons. The van der Waals surface area contributed by atoms with Crippen LogP contribution in [0.4, 0.5) is 5.69 Å². The van der Waals surface area contributed by atoms with Gasteiger partial charge >= 0.3 is 0 Å². The van der Waals surface area contributed by atoms with Crippen LogP contribution in [0.5, 0.6) is 0 Å². The lowest BCUT2D eigenvalue weighted by Gasteiger charge is -2.19. The number of anilines is 1. The van der Waals surface area contributed by atoms with Gasteiger partial charge in [0, 0.05) is 10.2 Å². The van der Waals surface area contributed by atoms with Gasteiger partial charge in [0.1, 0.15) is 6.61 Å². The summed E-state index contributed by atoms with van der Waals surface area (Å²) in [7, 11) is 0. The predicted molar refractivity (Wildman–Crippen MR) is 73.5 cm³/mol. The van der Waals surface area contributed by atoms with E-state index in [0.29, 0.717) is 10.7 Å². The van der Waals surface area contributed by atoms with Gasteiger partial charge in [-0.1, -0.05) is 11.6 Å². The lowest BCUT2D eigenvalue weighted by molar-refractivity contribution is -0.125. The van der Waals surface area contributed by atoms with Crippen LogP contribution in [-0.4, -0.2) is 18.1 Å². The summed E-state index contributed by atoms with van der Waals surface area (Å²) >= 11 is 9.15. The average molecular weight is 321 g/mol. The maximum Gasteiger partial charge on any atom is 0.250 e.